The Morgan fingerprint density at radius 2 is 2.18 bits per heavy atom. The summed E-state index contributed by atoms with van der Waals surface area (Å²) in [6, 6.07) is 8.39. The second-order valence-electron chi connectivity index (χ2n) is 4.66. The van der Waals surface area contributed by atoms with Crippen molar-refractivity contribution in [3.63, 3.8) is 0 Å². The molecule has 2 nitrogen and oxygen atoms in total. The van der Waals surface area contributed by atoms with E-state index in [4.69, 9.17) is 16.3 Å². The molecule has 2 rings (SSSR count). The maximum Gasteiger partial charge on any atom is 0.0732 e. The molecule has 1 aromatic rings. The van der Waals surface area contributed by atoms with Crippen molar-refractivity contribution in [1.82, 2.24) is 5.32 Å². The van der Waals surface area contributed by atoms with Gasteiger partial charge in [0.1, 0.15) is 0 Å². The molecule has 2 atom stereocenters. The van der Waals surface area contributed by atoms with Crippen LogP contribution in [0.15, 0.2) is 24.3 Å². The maximum absolute atomic E-state index is 6.01. The van der Waals surface area contributed by atoms with E-state index in [1.165, 1.54) is 19.3 Å². The molecule has 0 bridgehead atoms. The normalized spacial score (nSPS) is 24.8. The topological polar surface area (TPSA) is 21.3 Å². The highest BCUT2D eigenvalue weighted by molar-refractivity contribution is 6.30. The zero-order chi connectivity index (χ0) is 12.1. The first-order valence-corrected chi connectivity index (χ1v) is 6.70. The van der Waals surface area contributed by atoms with Crippen LogP contribution in [0.3, 0.4) is 0 Å². The maximum atomic E-state index is 6.01. The lowest BCUT2D eigenvalue weighted by Gasteiger charge is -2.31. The first-order chi connectivity index (χ1) is 8.29. The van der Waals surface area contributed by atoms with E-state index in [1.807, 2.05) is 25.2 Å². The summed E-state index contributed by atoms with van der Waals surface area (Å²) in [5.74, 6) is 0. The summed E-state index contributed by atoms with van der Waals surface area (Å²) in [7, 11) is 2.02. The van der Waals surface area contributed by atoms with E-state index in [-0.39, 0.29) is 0 Å². The molecule has 0 aromatic heterocycles. The average molecular weight is 254 g/mol. The summed E-state index contributed by atoms with van der Waals surface area (Å²) in [4.78, 5) is 0. The minimum absolute atomic E-state index is 0.340. The smallest absolute Gasteiger partial charge is 0.0732 e. The molecule has 0 radical (unpaired) electrons. The van der Waals surface area contributed by atoms with Gasteiger partial charge < -0.3 is 10.1 Å². The van der Waals surface area contributed by atoms with Crippen molar-refractivity contribution < 1.29 is 4.74 Å². The van der Waals surface area contributed by atoms with Gasteiger partial charge in [-0.2, -0.15) is 0 Å². The summed E-state index contributed by atoms with van der Waals surface area (Å²) in [5, 5.41) is 4.13. The number of nitrogens with one attached hydrogen (secondary N) is 1. The van der Waals surface area contributed by atoms with Crippen molar-refractivity contribution in [2.24, 2.45) is 0 Å². The molecule has 1 aliphatic carbocycles. The molecular weight excluding hydrogens is 234 g/mol. The summed E-state index contributed by atoms with van der Waals surface area (Å²) in [6.45, 7) is 0.656. The van der Waals surface area contributed by atoms with Gasteiger partial charge >= 0.3 is 0 Å². The van der Waals surface area contributed by atoms with E-state index in [1.54, 1.807) is 0 Å². The van der Waals surface area contributed by atoms with Gasteiger partial charge in [0.25, 0.3) is 0 Å². The lowest BCUT2D eigenvalue weighted by molar-refractivity contribution is -0.00360. The fourth-order valence-electron chi connectivity index (χ4n) is 2.46. The number of likely N-dealkylation sites (N-methyl/N-ethyl adjacent to an activating group) is 1. The molecule has 1 fully saturated rings. The highest BCUT2D eigenvalue weighted by atomic mass is 35.5. The molecule has 17 heavy (non-hydrogen) atoms. The van der Waals surface area contributed by atoms with Gasteiger partial charge in [-0.1, -0.05) is 36.6 Å². The van der Waals surface area contributed by atoms with E-state index in [2.05, 4.69) is 11.4 Å². The lowest BCUT2D eigenvalue weighted by Crippen LogP contribution is -2.41. The van der Waals surface area contributed by atoms with E-state index in [0.717, 1.165) is 17.0 Å². The zero-order valence-corrected chi connectivity index (χ0v) is 11.0. The predicted molar refractivity (Wildman–Crippen MR) is 71.3 cm³/mol. The third-order valence-corrected chi connectivity index (χ3v) is 3.66. The standard InChI is InChI=1S/C14H20ClNO/c1-16-13-7-2-3-8-14(13)17-10-11-5-4-6-12(15)9-11/h4-6,9,13-14,16H,2-3,7-8,10H2,1H3. The van der Waals surface area contributed by atoms with Gasteiger partial charge in [0.15, 0.2) is 0 Å². The molecule has 0 aliphatic heterocycles. The van der Waals surface area contributed by atoms with Crippen LogP contribution in [0.4, 0.5) is 0 Å². The van der Waals surface area contributed by atoms with E-state index >= 15 is 0 Å². The second-order valence-corrected chi connectivity index (χ2v) is 5.10. The van der Waals surface area contributed by atoms with Gasteiger partial charge in [-0.05, 0) is 37.6 Å². The Morgan fingerprint density at radius 1 is 1.35 bits per heavy atom. The molecule has 2 unspecified atom stereocenters. The van der Waals surface area contributed by atoms with Gasteiger partial charge in [0.05, 0.1) is 12.7 Å². The number of benzene rings is 1. The van der Waals surface area contributed by atoms with Crippen molar-refractivity contribution in [2.45, 2.75) is 44.4 Å². The molecule has 1 aliphatic rings. The van der Waals surface area contributed by atoms with Crippen LogP contribution in [0.1, 0.15) is 31.2 Å². The van der Waals surface area contributed by atoms with Crippen LogP contribution in [0, 0.1) is 0 Å². The van der Waals surface area contributed by atoms with Gasteiger partial charge in [-0.15, -0.1) is 0 Å². The summed E-state index contributed by atoms with van der Waals surface area (Å²) < 4.78 is 6.01. The van der Waals surface area contributed by atoms with E-state index in [9.17, 15) is 0 Å². The molecule has 0 spiro atoms. The average Bonchev–Trinajstić information content (AvgIpc) is 2.37. The Kier molecular flexibility index (Phi) is 4.84. The summed E-state index contributed by atoms with van der Waals surface area (Å²) >= 11 is 5.95. The van der Waals surface area contributed by atoms with E-state index < -0.39 is 0 Å². The fourth-order valence-corrected chi connectivity index (χ4v) is 2.67. The minimum atomic E-state index is 0.340. The summed E-state index contributed by atoms with van der Waals surface area (Å²) in [6.07, 6.45) is 5.30. The second kappa shape index (κ2) is 6.39. The van der Waals surface area contributed by atoms with Crippen molar-refractivity contribution in [1.29, 1.82) is 0 Å². The quantitative estimate of drug-likeness (QED) is 0.888. The van der Waals surface area contributed by atoms with Crippen LogP contribution >= 0.6 is 11.6 Å². The number of rotatable bonds is 4. The molecule has 1 saturated carbocycles. The molecule has 0 heterocycles. The van der Waals surface area contributed by atoms with Crippen molar-refractivity contribution in [2.75, 3.05) is 7.05 Å². The number of hydrogen-bond acceptors (Lipinski definition) is 2. The van der Waals surface area contributed by atoms with Gasteiger partial charge in [-0.25, -0.2) is 0 Å². The number of halogens is 1. The van der Waals surface area contributed by atoms with Crippen molar-refractivity contribution in [3.05, 3.63) is 34.9 Å². The molecular formula is C14H20ClNO. The predicted octanol–water partition coefficient (Wildman–Crippen LogP) is 3.39. The van der Waals surface area contributed by atoms with Crippen molar-refractivity contribution >= 4 is 11.6 Å². The van der Waals surface area contributed by atoms with Crippen LogP contribution in [0.25, 0.3) is 0 Å². The first-order valence-electron chi connectivity index (χ1n) is 6.33. The zero-order valence-electron chi connectivity index (χ0n) is 10.3. The Balaban J connectivity index is 1.88. The monoisotopic (exact) mass is 253 g/mol. The van der Waals surface area contributed by atoms with Gasteiger partial charge in [0.2, 0.25) is 0 Å². The minimum Gasteiger partial charge on any atom is -0.372 e. The van der Waals surface area contributed by atoms with Crippen LogP contribution < -0.4 is 5.32 Å². The highest BCUT2D eigenvalue weighted by Gasteiger charge is 2.24. The van der Waals surface area contributed by atoms with Crippen LogP contribution in [-0.2, 0) is 11.3 Å². The molecule has 0 saturated heterocycles. The van der Waals surface area contributed by atoms with Crippen LogP contribution in [0.2, 0.25) is 5.02 Å². The van der Waals surface area contributed by atoms with E-state index in [0.29, 0.717) is 18.8 Å². The lowest BCUT2D eigenvalue weighted by atomic mass is 9.92. The fraction of sp³-hybridized carbons (Fsp3) is 0.571. The third kappa shape index (κ3) is 3.70. The number of ether oxygens (including phenoxy) is 1. The Morgan fingerprint density at radius 3 is 2.94 bits per heavy atom. The first kappa shape index (κ1) is 12.9. The molecule has 1 N–H and O–H groups in total. The highest BCUT2D eigenvalue weighted by Crippen LogP contribution is 2.22. The van der Waals surface area contributed by atoms with Gasteiger partial charge in [0, 0.05) is 11.1 Å². The number of hydrogen-bond donors (Lipinski definition) is 1. The SMILES string of the molecule is CNC1CCCCC1OCc1cccc(Cl)c1. The molecule has 94 valence electrons. The third-order valence-electron chi connectivity index (χ3n) is 3.43. The Bertz CT molecular complexity index is 356. The summed E-state index contributed by atoms with van der Waals surface area (Å²) in [5.41, 5.74) is 1.15. The van der Waals surface area contributed by atoms with Gasteiger partial charge in [-0.3, -0.25) is 0 Å². The van der Waals surface area contributed by atoms with Crippen LogP contribution in [0.5, 0.6) is 0 Å². The molecule has 3 heteroatoms. The van der Waals surface area contributed by atoms with Crippen LogP contribution in [-0.4, -0.2) is 19.2 Å². The van der Waals surface area contributed by atoms with Crippen molar-refractivity contribution in [3.8, 4) is 0 Å². The largest absolute Gasteiger partial charge is 0.372 e. The Hall–Kier alpha value is -0.570. The molecule has 1 aromatic carbocycles. The Labute approximate surface area is 108 Å². The molecule has 0 amide bonds.